The van der Waals surface area contributed by atoms with E-state index in [0.29, 0.717) is 38.6 Å². The van der Waals surface area contributed by atoms with Gasteiger partial charge >= 0.3 is 0 Å². The smallest absolute Gasteiger partial charge is 0.222 e. The average Bonchev–Trinajstić information content (AvgIpc) is 3.14. The molecule has 210 valence electrons. The monoisotopic (exact) mass is 524 g/mol. The van der Waals surface area contributed by atoms with Crippen molar-refractivity contribution in [1.82, 2.24) is 9.80 Å². The van der Waals surface area contributed by atoms with Crippen molar-refractivity contribution in [2.24, 2.45) is 11.8 Å². The fourth-order valence-electron chi connectivity index (χ4n) is 4.87. The maximum atomic E-state index is 12.5. The van der Waals surface area contributed by atoms with Crippen LogP contribution in [-0.4, -0.2) is 62.7 Å². The Morgan fingerprint density at radius 3 is 2.50 bits per heavy atom. The average molecular weight is 525 g/mol. The largest absolute Gasteiger partial charge is 0.496 e. The molecule has 6 nitrogen and oxygen atoms in total. The molecule has 0 spiro atoms. The van der Waals surface area contributed by atoms with Crippen LogP contribution in [0.4, 0.5) is 0 Å². The summed E-state index contributed by atoms with van der Waals surface area (Å²) < 4.78 is 18.0. The molecule has 2 heterocycles. The number of methoxy groups -OCH3 is 1. The van der Waals surface area contributed by atoms with Gasteiger partial charge in [-0.05, 0) is 80.2 Å². The Bertz CT molecular complexity index is 1050. The van der Waals surface area contributed by atoms with Crippen molar-refractivity contribution in [3.05, 3.63) is 41.5 Å². The third-order valence-electron chi connectivity index (χ3n) is 7.50. The van der Waals surface area contributed by atoms with E-state index in [2.05, 4.69) is 57.0 Å². The van der Waals surface area contributed by atoms with E-state index in [1.54, 1.807) is 7.11 Å². The van der Waals surface area contributed by atoms with Gasteiger partial charge in [0.05, 0.1) is 20.3 Å². The second-order valence-corrected chi connectivity index (χ2v) is 11.0. The standard InChI is InChI=1S/C27H36N2O4.C5H12/c1-5-26(30)29-11-12-32-27-23(17-29)14-22(21-8-9-24(31-4)19(2)13-21)15-25(27)33-18-20-7-6-10-28(3)16-20;1-4-5(2)3/h8-9,13-15,20H,5-7,10-12,16-18H2,1-4H3;5H,4H2,1-3H3. The van der Waals surface area contributed by atoms with Crippen LogP contribution < -0.4 is 14.2 Å². The number of rotatable bonds is 7. The SMILES string of the molecule is CCC(=O)N1CCOc2c(cc(-c3ccc(OC)c(C)c3)cc2OCC2CCCN(C)C2)C1.CCC(C)C. The zero-order chi connectivity index (χ0) is 27.7. The van der Waals surface area contributed by atoms with Crippen molar-refractivity contribution < 1.29 is 19.0 Å². The highest BCUT2D eigenvalue weighted by Crippen LogP contribution is 2.40. The highest BCUT2D eigenvalue weighted by Gasteiger charge is 2.24. The molecule has 1 amide bonds. The third-order valence-corrected chi connectivity index (χ3v) is 7.50. The minimum Gasteiger partial charge on any atom is -0.496 e. The lowest BCUT2D eigenvalue weighted by atomic mass is 9.98. The first-order valence-corrected chi connectivity index (χ1v) is 14.3. The molecule has 1 saturated heterocycles. The molecule has 38 heavy (non-hydrogen) atoms. The Labute approximate surface area is 230 Å². The molecule has 0 aliphatic carbocycles. The van der Waals surface area contributed by atoms with Crippen LogP contribution in [-0.2, 0) is 11.3 Å². The lowest BCUT2D eigenvalue weighted by Crippen LogP contribution is -2.34. The summed E-state index contributed by atoms with van der Waals surface area (Å²) in [6.45, 7) is 15.1. The van der Waals surface area contributed by atoms with E-state index in [1.165, 1.54) is 19.3 Å². The summed E-state index contributed by atoms with van der Waals surface area (Å²) >= 11 is 0. The van der Waals surface area contributed by atoms with Gasteiger partial charge in [0.15, 0.2) is 11.5 Å². The van der Waals surface area contributed by atoms with E-state index in [4.69, 9.17) is 14.2 Å². The molecule has 6 heteroatoms. The Balaban J connectivity index is 0.000000732. The summed E-state index contributed by atoms with van der Waals surface area (Å²) in [6, 6.07) is 10.4. The normalized spacial score (nSPS) is 17.6. The molecule has 2 aromatic rings. The third kappa shape index (κ3) is 8.13. The summed E-state index contributed by atoms with van der Waals surface area (Å²) in [5, 5.41) is 0. The van der Waals surface area contributed by atoms with Crippen LogP contribution in [0, 0.1) is 18.8 Å². The highest BCUT2D eigenvalue weighted by atomic mass is 16.5. The number of likely N-dealkylation sites (tertiary alicyclic amines) is 1. The molecule has 1 unspecified atom stereocenters. The van der Waals surface area contributed by atoms with Gasteiger partial charge in [-0.25, -0.2) is 0 Å². The van der Waals surface area contributed by atoms with Gasteiger partial charge in [-0.3, -0.25) is 4.79 Å². The molecule has 0 radical (unpaired) electrons. The number of benzene rings is 2. The van der Waals surface area contributed by atoms with Gasteiger partial charge in [0, 0.05) is 31.0 Å². The summed E-state index contributed by atoms with van der Waals surface area (Å²) in [5.41, 5.74) is 4.23. The van der Waals surface area contributed by atoms with Crippen LogP contribution in [0.15, 0.2) is 30.3 Å². The molecule has 2 aliphatic rings. The lowest BCUT2D eigenvalue weighted by molar-refractivity contribution is -0.131. The van der Waals surface area contributed by atoms with Gasteiger partial charge in [0.2, 0.25) is 5.91 Å². The number of piperidine rings is 1. The van der Waals surface area contributed by atoms with Crippen molar-refractivity contribution in [1.29, 1.82) is 0 Å². The van der Waals surface area contributed by atoms with Gasteiger partial charge in [-0.2, -0.15) is 0 Å². The highest BCUT2D eigenvalue weighted by molar-refractivity contribution is 5.77. The van der Waals surface area contributed by atoms with Crippen LogP contribution in [0.5, 0.6) is 17.2 Å². The van der Waals surface area contributed by atoms with Crippen molar-refractivity contribution in [2.45, 2.75) is 66.8 Å². The summed E-state index contributed by atoms with van der Waals surface area (Å²) in [4.78, 5) is 16.7. The summed E-state index contributed by atoms with van der Waals surface area (Å²) in [5.74, 6) is 3.96. The molecule has 4 rings (SSSR count). The molecular formula is C32H48N2O4. The number of carbonyl (C=O) groups excluding carboxylic acids is 1. The molecule has 1 fully saturated rings. The maximum Gasteiger partial charge on any atom is 0.222 e. The maximum absolute atomic E-state index is 12.5. The summed E-state index contributed by atoms with van der Waals surface area (Å²) in [6.07, 6.45) is 4.19. The predicted octanol–water partition coefficient (Wildman–Crippen LogP) is 6.57. The van der Waals surface area contributed by atoms with Gasteiger partial charge in [-0.1, -0.05) is 40.2 Å². The number of fused-ring (bicyclic) bond motifs is 1. The van der Waals surface area contributed by atoms with Crippen molar-refractivity contribution in [2.75, 3.05) is 47.0 Å². The molecule has 0 N–H and O–H groups in total. The van der Waals surface area contributed by atoms with Gasteiger partial charge in [0.25, 0.3) is 0 Å². The Hall–Kier alpha value is -2.73. The number of aryl methyl sites for hydroxylation is 1. The van der Waals surface area contributed by atoms with Crippen LogP contribution >= 0.6 is 0 Å². The lowest BCUT2D eigenvalue weighted by Gasteiger charge is -2.29. The van der Waals surface area contributed by atoms with Crippen LogP contribution in [0.1, 0.15) is 64.5 Å². The fraction of sp³-hybridized carbons (Fsp3) is 0.594. The summed E-state index contributed by atoms with van der Waals surface area (Å²) in [7, 11) is 3.86. The molecule has 0 saturated carbocycles. The quantitative estimate of drug-likeness (QED) is 0.410. The molecule has 0 aromatic heterocycles. The van der Waals surface area contributed by atoms with Crippen LogP contribution in [0.2, 0.25) is 0 Å². The van der Waals surface area contributed by atoms with Gasteiger partial charge in [-0.15, -0.1) is 0 Å². The minimum atomic E-state index is 0.143. The van der Waals surface area contributed by atoms with E-state index in [1.807, 2.05) is 24.8 Å². The number of hydrogen-bond donors (Lipinski definition) is 0. The first-order chi connectivity index (χ1) is 18.2. The number of ether oxygens (including phenoxy) is 3. The minimum absolute atomic E-state index is 0.143. The van der Waals surface area contributed by atoms with Gasteiger partial charge in [0.1, 0.15) is 12.4 Å². The Morgan fingerprint density at radius 2 is 1.87 bits per heavy atom. The van der Waals surface area contributed by atoms with Crippen molar-refractivity contribution in [3.8, 4) is 28.4 Å². The fourth-order valence-corrected chi connectivity index (χ4v) is 4.87. The number of hydrogen-bond acceptors (Lipinski definition) is 5. The number of carbonyl (C=O) groups is 1. The zero-order valence-electron chi connectivity index (χ0n) is 24.6. The number of amides is 1. The molecule has 2 aromatic carbocycles. The second kappa shape index (κ2) is 14.4. The van der Waals surface area contributed by atoms with Crippen LogP contribution in [0.25, 0.3) is 11.1 Å². The predicted molar refractivity (Wildman–Crippen MR) is 155 cm³/mol. The van der Waals surface area contributed by atoms with E-state index >= 15 is 0 Å². The Morgan fingerprint density at radius 1 is 1.11 bits per heavy atom. The van der Waals surface area contributed by atoms with E-state index in [9.17, 15) is 4.79 Å². The van der Waals surface area contributed by atoms with E-state index < -0.39 is 0 Å². The van der Waals surface area contributed by atoms with Crippen molar-refractivity contribution in [3.63, 3.8) is 0 Å². The Kier molecular flexibility index (Phi) is 11.3. The molecule has 1 atom stereocenters. The van der Waals surface area contributed by atoms with Crippen molar-refractivity contribution >= 4 is 5.91 Å². The first-order valence-electron chi connectivity index (χ1n) is 14.3. The number of nitrogens with zero attached hydrogens (tertiary/aromatic N) is 2. The van der Waals surface area contributed by atoms with Gasteiger partial charge < -0.3 is 24.0 Å². The zero-order valence-corrected chi connectivity index (χ0v) is 24.6. The topological polar surface area (TPSA) is 51.2 Å². The van der Waals surface area contributed by atoms with E-state index in [0.717, 1.165) is 58.5 Å². The second-order valence-electron chi connectivity index (χ2n) is 11.0. The molecular weight excluding hydrogens is 476 g/mol. The molecule has 0 bridgehead atoms. The van der Waals surface area contributed by atoms with E-state index in [-0.39, 0.29) is 5.91 Å². The van der Waals surface area contributed by atoms with Crippen LogP contribution in [0.3, 0.4) is 0 Å². The molecule has 2 aliphatic heterocycles. The first kappa shape index (κ1) is 29.8.